The molecule has 0 spiro atoms. The smallest absolute Gasteiger partial charge is 0.179 e. The second-order valence-electron chi connectivity index (χ2n) is 9.67. The largest absolute Gasteiger partial charge is 0.487 e. The van der Waals surface area contributed by atoms with Crippen molar-refractivity contribution in [3.8, 4) is 5.75 Å². The minimum absolute atomic E-state index is 0. The number of fused-ring (bicyclic) bond motifs is 1. The van der Waals surface area contributed by atoms with Crippen LogP contribution in [-0.4, -0.2) is 58.9 Å². The first-order valence-corrected chi connectivity index (χ1v) is 12.9. The predicted molar refractivity (Wildman–Crippen MR) is 152 cm³/mol. The van der Waals surface area contributed by atoms with Gasteiger partial charge in [-0.3, -0.25) is 9.69 Å². The van der Waals surface area contributed by atoms with Gasteiger partial charge in [-0.2, -0.15) is 0 Å². The van der Waals surface area contributed by atoms with E-state index in [1.807, 2.05) is 43.4 Å². The first-order valence-electron chi connectivity index (χ1n) is 12.5. The molecule has 2 aromatic carbocycles. The van der Waals surface area contributed by atoms with Gasteiger partial charge >= 0.3 is 0 Å². The summed E-state index contributed by atoms with van der Waals surface area (Å²) >= 11 is 6.01. The Morgan fingerprint density at radius 3 is 2.31 bits per heavy atom. The van der Waals surface area contributed by atoms with Gasteiger partial charge in [0.25, 0.3) is 0 Å². The summed E-state index contributed by atoms with van der Waals surface area (Å²) in [6, 6.07) is 16.2. The van der Waals surface area contributed by atoms with E-state index in [0.717, 1.165) is 53.8 Å². The van der Waals surface area contributed by atoms with Gasteiger partial charge in [0, 0.05) is 42.1 Å². The maximum absolute atomic E-state index is 13.7. The van der Waals surface area contributed by atoms with E-state index in [0.29, 0.717) is 24.2 Å². The lowest BCUT2D eigenvalue weighted by Gasteiger charge is -2.40. The third-order valence-electron chi connectivity index (χ3n) is 7.53. The molecule has 5 rings (SSSR count). The molecular weight excluding hydrogens is 517 g/mol. The molecule has 196 valence electrons. The van der Waals surface area contributed by atoms with Crippen LogP contribution in [0.25, 0.3) is 10.9 Å². The van der Waals surface area contributed by atoms with Gasteiger partial charge < -0.3 is 14.2 Å². The minimum Gasteiger partial charge on any atom is -0.487 e. The molecule has 0 aliphatic carbocycles. The Balaban J connectivity index is 0.00000180. The average Bonchev–Trinajstić information content (AvgIpc) is 3.16. The highest BCUT2D eigenvalue weighted by atomic mass is 35.5. The van der Waals surface area contributed by atoms with Gasteiger partial charge in [-0.1, -0.05) is 36.2 Å². The molecule has 2 saturated heterocycles. The molecule has 8 heteroatoms. The lowest BCUT2D eigenvalue weighted by Crippen LogP contribution is -2.47. The number of aryl methyl sites for hydroxylation is 1. The van der Waals surface area contributed by atoms with Gasteiger partial charge in [-0.05, 0) is 69.1 Å². The number of hydrogen-bond acceptors (Lipinski definition) is 4. The van der Waals surface area contributed by atoms with Gasteiger partial charge in [0.1, 0.15) is 12.4 Å². The first kappa shape index (κ1) is 28.8. The topological polar surface area (TPSA) is 37.7 Å². The van der Waals surface area contributed by atoms with E-state index in [1.165, 1.54) is 32.4 Å². The van der Waals surface area contributed by atoms with Crippen molar-refractivity contribution in [1.29, 1.82) is 0 Å². The van der Waals surface area contributed by atoms with Crippen molar-refractivity contribution in [2.45, 2.75) is 44.8 Å². The molecule has 0 radical (unpaired) electrons. The number of ether oxygens (including phenoxy) is 1. The van der Waals surface area contributed by atoms with E-state index < -0.39 is 0 Å². The zero-order chi connectivity index (χ0) is 23.5. The molecule has 5 nitrogen and oxygen atoms in total. The fraction of sp³-hybridized carbons (Fsp3) is 0.464. The summed E-state index contributed by atoms with van der Waals surface area (Å²) in [5.41, 5.74) is 2.78. The molecular formula is C28H36Cl3N3O2. The summed E-state index contributed by atoms with van der Waals surface area (Å²) in [6.45, 7) is 5.29. The number of halogens is 3. The van der Waals surface area contributed by atoms with E-state index in [-0.39, 0.29) is 30.6 Å². The summed E-state index contributed by atoms with van der Waals surface area (Å²) in [7, 11) is 2.02. The Bertz CT molecular complexity index is 1130. The van der Waals surface area contributed by atoms with Crippen LogP contribution in [-0.2, 0) is 13.7 Å². The van der Waals surface area contributed by atoms with E-state index in [4.69, 9.17) is 16.3 Å². The summed E-state index contributed by atoms with van der Waals surface area (Å²) in [5, 5.41) is 1.68. The van der Waals surface area contributed by atoms with Crippen LogP contribution < -0.4 is 4.74 Å². The quantitative estimate of drug-likeness (QED) is 0.319. The van der Waals surface area contributed by atoms with Crippen LogP contribution >= 0.6 is 36.4 Å². The van der Waals surface area contributed by atoms with Crippen LogP contribution in [0.3, 0.4) is 0 Å². The van der Waals surface area contributed by atoms with Crippen molar-refractivity contribution in [2.24, 2.45) is 7.05 Å². The number of carbonyl (C=O) groups is 1. The van der Waals surface area contributed by atoms with Gasteiger partial charge in [-0.15, -0.1) is 24.8 Å². The molecule has 36 heavy (non-hydrogen) atoms. The molecule has 0 bridgehead atoms. The molecule has 2 fully saturated rings. The number of Topliss-reactive ketones (excluding diaryl/α,β-unsaturated/α-hetero) is 1. The van der Waals surface area contributed by atoms with Crippen molar-refractivity contribution in [3.05, 3.63) is 64.8 Å². The van der Waals surface area contributed by atoms with Gasteiger partial charge in [0.2, 0.25) is 0 Å². The molecule has 2 aliphatic rings. The maximum Gasteiger partial charge on any atom is 0.179 e. The predicted octanol–water partition coefficient (Wildman–Crippen LogP) is 6.39. The van der Waals surface area contributed by atoms with Crippen molar-refractivity contribution in [3.63, 3.8) is 0 Å². The summed E-state index contributed by atoms with van der Waals surface area (Å²) in [6.07, 6.45) is 6.37. The summed E-state index contributed by atoms with van der Waals surface area (Å²) in [4.78, 5) is 18.7. The molecule has 3 aromatic rings. The third-order valence-corrected chi connectivity index (χ3v) is 7.78. The Morgan fingerprint density at radius 2 is 1.61 bits per heavy atom. The molecule has 0 saturated carbocycles. The highest BCUT2D eigenvalue weighted by Crippen LogP contribution is 2.28. The van der Waals surface area contributed by atoms with Crippen molar-refractivity contribution in [2.75, 3.05) is 32.7 Å². The number of piperidine rings is 2. The normalized spacial score (nSPS) is 17.4. The highest BCUT2D eigenvalue weighted by molar-refractivity contribution is 6.30. The Morgan fingerprint density at radius 1 is 0.944 bits per heavy atom. The van der Waals surface area contributed by atoms with Crippen molar-refractivity contribution in [1.82, 2.24) is 14.4 Å². The number of aromatic nitrogens is 1. The SMILES string of the molecule is Cl.Cl.Cn1c(COc2ccc(Cl)cc2)c(C(=O)CN2CCC(N3CCCCC3)CC2)c2ccccc21. The standard InChI is InChI=1S/C28H34ClN3O2.2ClH/c1-30-25-8-4-3-7-24(25)28(26(30)20-34-23-11-9-21(29)10-12-23)27(33)19-31-17-13-22(14-18-31)32-15-5-2-6-16-32;;/h3-4,7-12,22H,2,5-6,13-20H2,1H3;2*1H. The van der Waals surface area contributed by atoms with Crippen LogP contribution in [0.5, 0.6) is 5.75 Å². The highest BCUT2D eigenvalue weighted by Gasteiger charge is 2.28. The van der Waals surface area contributed by atoms with Crippen LogP contribution in [0.1, 0.15) is 48.2 Å². The van der Waals surface area contributed by atoms with Crippen LogP contribution in [0, 0.1) is 0 Å². The van der Waals surface area contributed by atoms with E-state index >= 15 is 0 Å². The fourth-order valence-corrected chi connectivity index (χ4v) is 5.74. The Kier molecular flexibility index (Phi) is 10.5. The van der Waals surface area contributed by atoms with Gasteiger partial charge in [0.15, 0.2) is 5.78 Å². The molecule has 3 heterocycles. The monoisotopic (exact) mass is 551 g/mol. The number of likely N-dealkylation sites (tertiary alicyclic amines) is 2. The second-order valence-corrected chi connectivity index (χ2v) is 10.1. The van der Waals surface area contributed by atoms with E-state index in [1.54, 1.807) is 0 Å². The third kappa shape index (κ3) is 6.38. The minimum atomic E-state index is 0. The number of rotatable bonds is 7. The average molecular weight is 553 g/mol. The second kappa shape index (κ2) is 13.2. The van der Waals surface area contributed by atoms with Crippen LogP contribution in [0.4, 0.5) is 0 Å². The molecule has 2 aliphatic heterocycles. The fourth-order valence-electron chi connectivity index (χ4n) is 5.62. The number of hydrogen-bond donors (Lipinski definition) is 0. The number of carbonyl (C=O) groups excluding carboxylic acids is 1. The molecule has 0 unspecified atom stereocenters. The molecule has 0 atom stereocenters. The lowest BCUT2D eigenvalue weighted by atomic mass is 9.99. The number of nitrogens with zero attached hydrogens (tertiary/aromatic N) is 3. The number of benzene rings is 2. The van der Waals surface area contributed by atoms with Gasteiger partial charge in [-0.25, -0.2) is 0 Å². The lowest BCUT2D eigenvalue weighted by molar-refractivity contribution is 0.0774. The molecule has 0 N–H and O–H groups in total. The first-order chi connectivity index (χ1) is 16.6. The Hall–Kier alpha value is -1.76. The zero-order valence-corrected chi connectivity index (χ0v) is 23.2. The zero-order valence-electron chi connectivity index (χ0n) is 20.8. The van der Waals surface area contributed by atoms with Crippen molar-refractivity contribution < 1.29 is 9.53 Å². The maximum atomic E-state index is 13.7. The summed E-state index contributed by atoms with van der Waals surface area (Å²) in [5.74, 6) is 0.927. The van der Waals surface area contributed by atoms with Crippen molar-refractivity contribution >= 4 is 53.1 Å². The van der Waals surface area contributed by atoms with E-state index in [9.17, 15) is 4.79 Å². The molecule has 1 aromatic heterocycles. The molecule has 0 amide bonds. The Labute approximate surface area is 231 Å². The van der Waals surface area contributed by atoms with Gasteiger partial charge in [0.05, 0.1) is 17.8 Å². The van der Waals surface area contributed by atoms with Crippen LogP contribution in [0.2, 0.25) is 5.02 Å². The number of para-hydroxylation sites is 1. The van der Waals surface area contributed by atoms with Crippen LogP contribution in [0.15, 0.2) is 48.5 Å². The summed E-state index contributed by atoms with van der Waals surface area (Å²) < 4.78 is 8.17. The number of ketones is 1. The van der Waals surface area contributed by atoms with E-state index in [2.05, 4.69) is 26.5 Å².